The average molecular weight is 230 g/mol. The van der Waals surface area contributed by atoms with E-state index in [1.165, 1.54) is 12.1 Å². The van der Waals surface area contributed by atoms with Crippen molar-refractivity contribution in [2.24, 2.45) is 5.73 Å². The number of benzene rings is 1. The minimum atomic E-state index is -4.28. The van der Waals surface area contributed by atoms with Crippen LogP contribution in [-0.2, 0) is 6.18 Å². The lowest BCUT2D eigenvalue weighted by atomic mass is 9.99. The number of fused-ring (bicyclic) bond motifs is 1. The Balaban J connectivity index is 2.46. The van der Waals surface area contributed by atoms with Gasteiger partial charge >= 0.3 is 6.18 Å². The third-order valence-electron chi connectivity index (χ3n) is 2.98. The van der Waals surface area contributed by atoms with E-state index in [2.05, 4.69) is 0 Å². The number of rotatable bonds is 1. The highest BCUT2D eigenvalue weighted by Gasteiger charge is 2.34. The van der Waals surface area contributed by atoms with Gasteiger partial charge in [0.05, 0.1) is 5.56 Å². The van der Waals surface area contributed by atoms with Crippen molar-refractivity contribution in [3.63, 3.8) is 0 Å². The Morgan fingerprint density at radius 3 is 2.69 bits per heavy atom. The average Bonchev–Trinajstić information content (AvgIpc) is 2.54. The van der Waals surface area contributed by atoms with Gasteiger partial charge in [0.15, 0.2) is 0 Å². The van der Waals surface area contributed by atoms with Gasteiger partial charge in [-0.25, -0.2) is 0 Å². The van der Waals surface area contributed by atoms with Gasteiger partial charge in [-0.05, 0) is 23.8 Å². The molecule has 0 spiro atoms. The Morgan fingerprint density at radius 1 is 1.44 bits per heavy atom. The van der Waals surface area contributed by atoms with Crippen molar-refractivity contribution >= 4 is 5.69 Å². The molecule has 0 radical (unpaired) electrons. The summed E-state index contributed by atoms with van der Waals surface area (Å²) in [6.45, 7) is 1.06. The van der Waals surface area contributed by atoms with Gasteiger partial charge in [-0.15, -0.1) is 0 Å². The van der Waals surface area contributed by atoms with Crippen molar-refractivity contribution in [3.8, 4) is 0 Å². The van der Waals surface area contributed by atoms with E-state index in [1.807, 2.05) is 11.9 Å². The number of nitrogens with zero attached hydrogens (tertiary/aromatic N) is 1. The van der Waals surface area contributed by atoms with Crippen molar-refractivity contribution in [2.45, 2.75) is 12.1 Å². The zero-order valence-corrected chi connectivity index (χ0v) is 8.88. The molecule has 2 rings (SSSR count). The molecule has 2 nitrogen and oxygen atoms in total. The highest BCUT2D eigenvalue weighted by molar-refractivity contribution is 5.61. The normalized spacial score (nSPS) is 20.1. The first-order valence-electron chi connectivity index (χ1n) is 5.06. The third-order valence-corrected chi connectivity index (χ3v) is 2.98. The summed E-state index contributed by atoms with van der Waals surface area (Å²) >= 11 is 0. The lowest BCUT2D eigenvalue weighted by Crippen LogP contribution is -2.20. The molecular weight excluding hydrogens is 217 g/mol. The predicted octanol–water partition coefficient (Wildman–Crippen LogP) is 2.20. The van der Waals surface area contributed by atoms with Gasteiger partial charge in [-0.1, -0.05) is 0 Å². The van der Waals surface area contributed by atoms with Gasteiger partial charge in [-0.3, -0.25) is 0 Å². The van der Waals surface area contributed by atoms with Crippen LogP contribution in [-0.4, -0.2) is 20.1 Å². The van der Waals surface area contributed by atoms with Crippen LogP contribution in [0.5, 0.6) is 0 Å². The molecule has 16 heavy (non-hydrogen) atoms. The fourth-order valence-corrected chi connectivity index (χ4v) is 2.13. The molecule has 1 heterocycles. The summed E-state index contributed by atoms with van der Waals surface area (Å²) in [6.07, 6.45) is -4.28. The van der Waals surface area contributed by atoms with Crippen molar-refractivity contribution in [2.75, 3.05) is 25.0 Å². The summed E-state index contributed by atoms with van der Waals surface area (Å²) in [5, 5.41) is 0. The summed E-state index contributed by atoms with van der Waals surface area (Å²) < 4.78 is 37.6. The number of hydrogen-bond donors (Lipinski definition) is 1. The van der Waals surface area contributed by atoms with E-state index in [0.717, 1.165) is 11.8 Å². The Morgan fingerprint density at radius 2 is 2.12 bits per heavy atom. The SMILES string of the molecule is CN1CC(CN)c2cc(C(F)(F)F)ccc21. The topological polar surface area (TPSA) is 29.3 Å². The Kier molecular flexibility index (Phi) is 2.58. The van der Waals surface area contributed by atoms with Crippen molar-refractivity contribution in [1.29, 1.82) is 0 Å². The molecule has 1 aliphatic rings. The number of alkyl halides is 3. The van der Waals surface area contributed by atoms with Gasteiger partial charge in [0, 0.05) is 31.7 Å². The maximum atomic E-state index is 12.5. The monoisotopic (exact) mass is 230 g/mol. The number of halogens is 3. The summed E-state index contributed by atoms with van der Waals surface area (Å²) in [6, 6.07) is 3.86. The van der Waals surface area contributed by atoms with E-state index in [0.29, 0.717) is 18.7 Å². The molecule has 1 aliphatic heterocycles. The molecular formula is C11H13F3N2. The van der Waals surface area contributed by atoms with Crippen molar-refractivity contribution < 1.29 is 13.2 Å². The molecule has 0 aromatic heterocycles. The molecule has 0 amide bonds. The van der Waals surface area contributed by atoms with Crippen LogP contribution in [0.2, 0.25) is 0 Å². The summed E-state index contributed by atoms with van der Waals surface area (Å²) in [5.74, 6) is 0.00213. The van der Waals surface area contributed by atoms with E-state index in [-0.39, 0.29) is 5.92 Å². The van der Waals surface area contributed by atoms with Gasteiger partial charge < -0.3 is 10.6 Å². The van der Waals surface area contributed by atoms with E-state index >= 15 is 0 Å². The fraction of sp³-hybridized carbons (Fsp3) is 0.455. The first-order chi connectivity index (χ1) is 7.43. The number of likely N-dealkylation sites (N-methyl/N-ethyl adjacent to an activating group) is 1. The molecule has 1 atom stereocenters. The highest BCUT2D eigenvalue weighted by Crippen LogP contribution is 2.39. The third kappa shape index (κ3) is 1.75. The number of nitrogens with two attached hydrogens (primary N) is 1. The number of hydrogen-bond acceptors (Lipinski definition) is 2. The van der Waals surface area contributed by atoms with Gasteiger partial charge in [-0.2, -0.15) is 13.2 Å². The van der Waals surface area contributed by atoms with Crippen LogP contribution < -0.4 is 10.6 Å². The Labute approximate surface area is 91.8 Å². The molecule has 88 valence electrons. The molecule has 0 bridgehead atoms. The van der Waals surface area contributed by atoms with Crippen LogP contribution in [0.1, 0.15) is 17.0 Å². The zero-order valence-electron chi connectivity index (χ0n) is 8.88. The quantitative estimate of drug-likeness (QED) is 0.801. The second-order valence-corrected chi connectivity index (χ2v) is 4.08. The Bertz CT molecular complexity index is 401. The van der Waals surface area contributed by atoms with Gasteiger partial charge in [0.1, 0.15) is 0 Å². The van der Waals surface area contributed by atoms with Crippen LogP contribution >= 0.6 is 0 Å². The number of anilines is 1. The minimum absolute atomic E-state index is 0.00213. The molecule has 0 aliphatic carbocycles. The molecule has 0 saturated carbocycles. The molecule has 0 saturated heterocycles. The van der Waals surface area contributed by atoms with E-state index in [4.69, 9.17) is 5.73 Å². The second-order valence-electron chi connectivity index (χ2n) is 4.08. The lowest BCUT2D eigenvalue weighted by Gasteiger charge is -2.13. The standard InChI is InChI=1S/C11H13F3N2/c1-16-6-7(5-15)9-4-8(11(12,13)14)2-3-10(9)16/h2-4,7H,5-6,15H2,1H3. The van der Waals surface area contributed by atoms with Crippen molar-refractivity contribution in [1.82, 2.24) is 0 Å². The summed E-state index contributed by atoms with van der Waals surface area (Å²) in [4.78, 5) is 1.94. The molecule has 0 fully saturated rings. The molecule has 2 N–H and O–H groups in total. The maximum absolute atomic E-state index is 12.5. The van der Waals surface area contributed by atoms with E-state index < -0.39 is 11.7 Å². The first kappa shape index (κ1) is 11.3. The molecule has 5 heteroatoms. The van der Waals surface area contributed by atoms with Gasteiger partial charge in [0.25, 0.3) is 0 Å². The van der Waals surface area contributed by atoms with E-state index in [1.54, 1.807) is 0 Å². The fourth-order valence-electron chi connectivity index (χ4n) is 2.13. The van der Waals surface area contributed by atoms with Crippen LogP contribution in [0.15, 0.2) is 18.2 Å². The van der Waals surface area contributed by atoms with Crippen LogP contribution in [0.4, 0.5) is 18.9 Å². The summed E-state index contributed by atoms with van der Waals surface area (Å²) in [5.41, 5.74) is 6.52. The molecule has 1 aromatic carbocycles. The smallest absolute Gasteiger partial charge is 0.374 e. The van der Waals surface area contributed by atoms with E-state index in [9.17, 15) is 13.2 Å². The molecule has 1 unspecified atom stereocenters. The zero-order chi connectivity index (χ0) is 11.9. The second kappa shape index (κ2) is 3.66. The first-order valence-corrected chi connectivity index (χ1v) is 5.06. The van der Waals surface area contributed by atoms with Crippen LogP contribution in [0.25, 0.3) is 0 Å². The van der Waals surface area contributed by atoms with Gasteiger partial charge in [0.2, 0.25) is 0 Å². The van der Waals surface area contributed by atoms with Crippen LogP contribution in [0, 0.1) is 0 Å². The lowest BCUT2D eigenvalue weighted by molar-refractivity contribution is -0.137. The predicted molar refractivity (Wildman–Crippen MR) is 56.5 cm³/mol. The molecule has 1 aromatic rings. The van der Waals surface area contributed by atoms with Crippen molar-refractivity contribution in [3.05, 3.63) is 29.3 Å². The maximum Gasteiger partial charge on any atom is 0.416 e. The highest BCUT2D eigenvalue weighted by atomic mass is 19.4. The van der Waals surface area contributed by atoms with Crippen LogP contribution in [0.3, 0.4) is 0 Å². The largest absolute Gasteiger partial charge is 0.416 e. The Hall–Kier alpha value is -1.23. The summed E-state index contributed by atoms with van der Waals surface area (Å²) in [7, 11) is 1.86. The minimum Gasteiger partial charge on any atom is -0.374 e.